The van der Waals surface area contributed by atoms with E-state index in [1.165, 1.54) is 6.07 Å². The van der Waals surface area contributed by atoms with Crippen molar-refractivity contribution in [1.82, 2.24) is 15.6 Å². The highest BCUT2D eigenvalue weighted by Gasteiger charge is 2.25. The first-order valence-electron chi connectivity index (χ1n) is 10.9. The molecule has 174 valence electrons. The van der Waals surface area contributed by atoms with Crippen LogP contribution in [-0.4, -0.2) is 64.0 Å². The fourth-order valence-electron chi connectivity index (χ4n) is 3.50. The molecule has 2 aromatic rings. The van der Waals surface area contributed by atoms with E-state index >= 15 is 0 Å². The first kappa shape index (κ1) is 23.4. The van der Waals surface area contributed by atoms with Crippen LogP contribution >= 0.6 is 0 Å². The number of hydrogen-bond donors (Lipinski definition) is 2. The van der Waals surface area contributed by atoms with Crippen molar-refractivity contribution < 1.29 is 18.6 Å². The van der Waals surface area contributed by atoms with Crippen molar-refractivity contribution in [3.8, 4) is 17.2 Å². The molecular weight excluding hydrogens is 413 g/mol. The van der Waals surface area contributed by atoms with Gasteiger partial charge in [0.15, 0.2) is 17.6 Å². The fraction of sp³-hybridized carbons (Fsp3) is 0.478. The summed E-state index contributed by atoms with van der Waals surface area (Å²) in [6, 6.07) is 8.68. The van der Waals surface area contributed by atoms with Gasteiger partial charge < -0.3 is 29.7 Å². The van der Waals surface area contributed by atoms with E-state index in [1.54, 1.807) is 32.5 Å². The lowest BCUT2D eigenvalue weighted by atomic mass is 10.3. The molecule has 1 aliphatic heterocycles. The zero-order valence-electron chi connectivity index (χ0n) is 18.9. The summed E-state index contributed by atoms with van der Waals surface area (Å²) in [5.41, 5.74) is 0. The highest BCUT2D eigenvalue weighted by molar-refractivity contribution is 5.80. The van der Waals surface area contributed by atoms with Gasteiger partial charge in [-0.3, -0.25) is 4.99 Å². The Morgan fingerprint density at radius 1 is 1.22 bits per heavy atom. The Kier molecular flexibility index (Phi) is 8.77. The average molecular weight is 446 g/mol. The van der Waals surface area contributed by atoms with Crippen LogP contribution in [0.25, 0.3) is 0 Å². The van der Waals surface area contributed by atoms with E-state index in [4.69, 9.17) is 14.2 Å². The van der Waals surface area contributed by atoms with Crippen molar-refractivity contribution in [2.45, 2.75) is 25.8 Å². The number of hydrogen-bond acceptors (Lipinski definition) is 6. The number of pyridine rings is 1. The molecule has 1 aromatic carbocycles. The highest BCUT2D eigenvalue weighted by Crippen LogP contribution is 2.27. The van der Waals surface area contributed by atoms with E-state index in [-0.39, 0.29) is 11.9 Å². The molecular formula is C23H32FN5O3. The summed E-state index contributed by atoms with van der Waals surface area (Å²) in [7, 11) is 3.22. The fourth-order valence-corrected chi connectivity index (χ4v) is 3.50. The summed E-state index contributed by atoms with van der Waals surface area (Å²) < 4.78 is 30.4. The normalized spacial score (nSPS) is 16.1. The smallest absolute Gasteiger partial charge is 0.191 e. The van der Waals surface area contributed by atoms with Gasteiger partial charge in [0.1, 0.15) is 17.2 Å². The molecule has 1 unspecified atom stereocenters. The lowest BCUT2D eigenvalue weighted by Gasteiger charge is -2.20. The van der Waals surface area contributed by atoms with E-state index in [2.05, 4.69) is 20.6 Å². The average Bonchev–Trinajstić information content (AvgIpc) is 3.27. The third-order valence-corrected chi connectivity index (χ3v) is 5.08. The van der Waals surface area contributed by atoms with Gasteiger partial charge in [-0.25, -0.2) is 9.37 Å². The molecule has 0 bridgehead atoms. The Balaban J connectivity index is 1.47. The SMILES string of the molecule is CCNC(=NCCCOc1cc(OC)cc(OC)c1)NC1CCN(c2ncccc2F)C1. The second kappa shape index (κ2) is 12.0. The van der Waals surface area contributed by atoms with Gasteiger partial charge in [0, 0.05) is 63.0 Å². The first-order valence-corrected chi connectivity index (χ1v) is 10.9. The van der Waals surface area contributed by atoms with Gasteiger partial charge in [-0.2, -0.15) is 0 Å². The van der Waals surface area contributed by atoms with Crippen molar-refractivity contribution in [1.29, 1.82) is 0 Å². The van der Waals surface area contributed by atoms with E-state index in [0.717, 1.165) is 31.9 Å². The van der Waals surface area contributed by atoms with Crippen LogP contribution in [0.2, 0.25) is 0 Å². The third kappa shape index (κ3) is 6.63. The Morgan fingerprint density at radius 2 is 1.97 bits per heavy atom. The van der Waals surface area contributed by atoms with Gasteiger partial charge in [-0.05, 0) is 25.5 Å². The molecule has 8 nitrogen and oxygen atoms in total. The minimum Gasteiger partial charge on any atom is -0.496 e. The molecule has 2 N–H and O–H groups in total. The molecule has 1 fully saturated rings. The number of guanidine groups is 1. The van der Waals surface area contributed by atoms with Crippen molar-refractivity contribution in [3.63, 3.8) is 0 Å². The maximum absolute atomic E-state index is 14.0. The quantitative estimate of drug-likeness (QED) is 0.331. The summed E-state index contributed by atoms with van der Waals surface area (Å²) in [6.07, 6.45) is 3.27. The van der Waals surface area contributed by atoms with Gasteiger partial charge >= 0.3 is 0 Å². The van der Waals surface area contributed by atoms with Crippen LogP contribution in [-0.2, 0) is 0 Å². The molecule has 0 aliphatic carbocycles. The van der Waals surface area contributed by atoms with Crippen molar-refractivity contribution in [3.05, 3.63) is 42.3 Å². The van der Waals surface area contributed by atoms with E-state index < -0.39 is 0 Å². The molecule has 3 rings (SSSR count). The molecule has 32 heavy (non-hydrogen) atoms. The number of methoxy groups -OCH3 is 2. The van der Waals surface area contributed by atoms with Crippen LogP contribution in [0.1, 0.15) is 19.8 Å². The minimum absolute atomic E-state index is 0.176. The van der Waals surface area contributed by atoms with Gasteiger partial charge in [0.2, 0.25) is 0 Å². The third-order valence-electron chi connectivity index (χ3n) is 5.08. The van der Waals surface area contributed by atoms with Crippen LogP contribution in [0.5, 0.6) is 17.2 Å². The van der Waals surface area contributed by atoms with E-state index in [9.17, 15) is 4.39 Å². The summed E-state index contributed by atoms with van der Waals surface area (Å²) >= 11 is 0. The predicted molar refractivity (Wildman–Crippen MR) is 124 cm³/mol. The Morgan fingerprint density at radius 3 is 2.66 bits per heavy atom. The molecule has 1 atom stereocenters. The van der Waals surface area contributed by atoms with Crippen molar-refractivity contribution in [2.75, 3.05) is 51.9 Å². The summed E-state index contributed by atoms with van der Waals surface area (Å²) in [4.78, 5) is 10.8. The molecule has 1 aliphatic rings. The van der Waals surface area contributed by atoms with Crippen LogP contribution < -0.4 is 29.7 Å². The highest BCUT2D eigenvalue weighted by atomic mass is 19.1. The van der Waals surface area contributed by atoms with Gasteiger partial charge in [-0.1, -0.05) is 0 Å². The largest absolute Gasteiger partial charge is 0.496 e. The van der Waals surface area contributed by atoms with E-state index in [1.807, 2.05) is 24.0 Å². The molecule has 0 amide bonds. The molecule has 0 radical (unpaired) electrons. The second-order valence-electron chi connectivity index (χ2n) is 7.40. The standard InChI is InChI=1S/C23H32FN5O3/c1-4-25-23(28-17-8-11-29(16-17)22-21(24)7-5-9-26-22)27-10-6-12-32-20-14-18(30-2)13-19(15-20)31-3/h5,7,9,13-15,17H,4,6,8,10-12,16H2,1-3H3,(H2,25,27,28). The number of rotatable bonds is 10. The number of halogens is 1. The first-order chi connectivity index (χ1) is 15.6. The Labute approximate surface area is 188 Å². The summed E-state index contributed by atoms with van der Waals surface area (Å²) in [5.74, 6) is 2.94. The number of anilines is 1. The molecule has 9 heteroatoms. The number of benzene rings is 1. The second-order valence-corrected chi connectivity index (χ2v) is 7.40. The summed E-state index contributed by atoms with van der Waals surface area (Å²) in [6.45, 7) is 5.36. The number of aromatic nitrogens is 1. The number of ether oxygens (including phenoxy) is 3. The molecule has 1 aromatic heterocycles. The summed E-state index contributed by atoms with van der Waals surface area (Å²) in [5, 5.41) is 6.72. The van der Waals surface area contributed by atoms with Gasteiger partial charge in [0.05, 0.1) is 20.8 Å². The monoisotopic (exact) mass is 445 g/mol. The maximum atomic E-state index is 14.0. The van der Waals surface area contributed by atoms with Crippen LogP contribution in [0.15, 0.2) is 41.5 Å². The van der Waals surface area contributed by atoms with Gasteiger partial charge in [0.25, 0.3) is 0 Å². The zero-order valence-corrected chi connectivity index (χ0v) is 18.9. The molecule has 1 saturated heterocycles. The van der Waals surface area contributed by atoms with Crippen LogP contribution in [0.3, 0.4) is 0 Å². The Hall–Kier alpha value is -3.23. The molecule has 2 heterocycles. The number of aliphatic imine (C=N–C) groups is 1. The number of nitrogens with zero attached hydrogens (tertiary/aromatic N) is 3. The zero-order chi connectivity index (χ0) is 22.8. The van der Waals surface area contributed by atoms with Crippen molar-refractivity contribution >= 4 is 11.8 Å². The topological polar surface area (TPSA) is 80.2 Å². The van der Waals surface area contributed by atoms with E-state index in [0.29, 0.717) is 42.8 Å². The lowest BCUT2D eigenvalue weighted by Crippen LogP contribution is -2.44. The van der Waals surface area contributed by atoms with Crippen LogP contribution in [0, 0.1) is 5.82 Å². The number of nitrogens with one attached hydrogen (secondary N) is 2. The van der Waals surface area contributed by atoms with Crippen LogP contribution in [0.4, 0.5) is 10.2 Å². The molecule has 0 saturated carbocycles. The Bertz CT molecular complexity index is 873. The molecule has 0 spiro atoms. The predicted octanol–water partition coefficient (Wildman–Crippen LogP) is 2.84. The minimum atomic E-state index is -0.289. The lowest BCUT2D eigenvalue weighted by molar-refractivity contribution is 0.307. The maximum Gasteiger partial charge on any atom is 0.191 e. The van der Waals surface area contributed by atoms with Crippen molar-refractivity contribution in [2.24, 2.45) is 4.99 Å². The van der Waals surface area contributed by atoms with Gasteiger partial charge in [-0.15, -0.1) is 0 Å².